The molecule has 1 aliphatic heterocycles. The number of benzene rings is 1. The van der Waals surface area contributed by atoms with Gasteiger partial charge in [0.1, 0.15) is 17.0 Å². The Morgan fingerprint density at radius 2 is 2.05 bits per heavy atom. The Balaban J connectivity index is 2.18. The van der Waals surface area contributed by atoms with Crippen molar-refractivity contribution in [1.29, 1.82) is 5.26 Å². The number of nitrogens with zero attached hydrogens (tertiary/aromatic N) is 2. The highest BCUT2D eigenvalue weighted by atomic mass is 16.3. The summed E-state index contributed by atoms with van der Waals surface area (Å²) in [7, 11) is 1.96. The summed E-state index contributed by atoms with van der Waals surface area (Å²) in [5.74, 6) is -0.881. The van der Waals surface area contributed by atoms with Gasteiger partial charge in [0, 0.05) is 13.1 Å². The summed E-state index contributed by atoms with van der Waals surface area (Å²) in [6, 6.07) is 5.90. The molecule has 1 saturated heterocycles. The van der Waals surface area contributed by atoms with E-state index in [1.54, 1.807) is 0 Å². The number of phenols is 2. The third-order valence-electron chi connectivity index (χ3n) is 3.63. The first kappa shape index (κ1) is 14.2. The lowest BCUT2D eigenvalue weighted by Gasteiger charge is -2.36. The van der Waals surface area contributed by atoms with Crippen molar-refractivity contribution in [3.05, 3.63) is 23.8 Å². The molecule has 1 aliphatic rings. The van der Waals surface area contributed by atoms with Crippen LogP contribution in [0.3, 0.4) is 0 Å². The van der Waals surface area contributed by atoms with Gasteiger partial charge >= 0.3 is 0 Å². The van der Waals surface area contributed by atoms with Gasteiger partial charge in [0.05, 0.1) is 11.6 Å². The van der Waals surface area contributed by atoms with Crippen LogP contribution in [0.5, 0.6) is 11.5 Å². The number of likely N-dealkylation sites (tertiary alicyclic amines) is 1. The maximum Gasteiger partial charge on any atom is 0.256 e. The Labute approximate surface area is 117 Å². The van der Waals surface area contributed by atoms with Crippen molar-refractivity contribution in [2.24, 2.45) is 0 Å². The van der Waals surface area contributed by atoms with E-state index in [2.05, 4.69) is 16.3 Å². The van der Waals surface area contributed by atoms with Gasteiger partial charge in [-0.05, 0) is 38.1 Å². The van der Waals surface area contributed by atoms with Gasteiger partial charge in [-0.15, -0.1) is 0 Å². The first-order valence-corrected chi connectivity index (χ1v) is 6.40. The number of rotatable bonds is 2. The van der Waals surface area contributed by atoms with Gasteiger partial charge in [-0.3, -0.25) is 4.79 Å². The number of nitriles is 1. The van der Waals surface area contributed by atoms with Crippen LogP contribution in [0.2, 0.25) is 0 Å². The molecule has 0 spiro atoms. The van der Waals surface area contributed by atoms with E-state index in [1.165, 1.54) is 18.2 Å². The minimum atomic E-state index is -0.915. The van der Waals surface area contributed by atoms with Gasteiger partial charge in [-0.2, -0.15) is 5.26 Å². The Bertz CT molecular complexity index is 557. The van der Waals surface area contributed by atoms with E-state index in [4.69, 9.17) is 0 Å². The number of hydrogen-bond donors (Lipinski definition) is 3. The Morgan fingerprint density at radius 1 is 1.40 bits per heavy atom. The van der Waals surface area contributed by atoms with Crippen molar-refractivity contribution in [1.82, 2.24) is 10.2 Å². The fourth-order valence-corrected chi connectivity index (χ4v) is 2.26. The van der Waals surface area contributed by atoms with E-state index in [9.17, 15) is 20.3 Å². The van der Waals surface area contributed by atoms with Gasteiger partial charge in [-0.1, -0.05) is 0 Å². The molecule has 0 bridgehead atoms. The molecule has 0 unspecified atom stereocenters. The van der Waals surface area contributed by atoms with Gasteiger partial charge in [0.2, 0.25) is 0 Å². The van der Waals surface area contributed by atoms with Crippen molar-refractivity contribution < 1.29 is 15.0 Å². The molecule has 6 nitrogen and oxygen atoms in total. The molecule has 6 heteroatoms. The molecule has 1 aromatic rings. The molecule has 2 rings (SSSR count). The van der Waals surface area contributed by atoms with E-state index < -0.39 is 11.4 Å². The normalized spacial score (nSPS) is 18.2. The zero-order valence-corrected chi connectivity index (χ0v) is 11.3. The predicted octanol–water partition coefficient (Wildman–Crippen LogP) is 0.816. The fourth-order valence-electron chi connectivity index (χ4n) is 2.26. The summed E-state index contributed by atoms with van der Waals surface area (Å²) in [4.78, 5) is 14.3. The number of hydrogen-bond acceptors (Lipinski definition) is 5. The maximum absolute atomic E-state index is 12.2. The predicted molar refractivity (Wildman–Crippen MR) is 72.3 cm³/mol. The van der Waals surface area contributed by atoms with Crippen molar-refractivity contribution in [2.45, 2.75) is 18.4 Å². The number of piperidine rings is 1. The zero-order valence-electron chi connectivity index (χ0n) is 11.3. The van der Waals surface area contributed by atoms with Gasteiger partial charge < -0.3 is 20.4 Å². The summed E-state index contributed by atoms with van der Waals surface area (Å²) in [5, 5.41) is 31.1. The molecule has 0 atom stereocenters. The van der Waals surface area contributed by atoms with Crippen LogP contribution >= 0.6 is 0 Å². The van der Waals surface area contributed by atoms with Crippen LogP contribution in [0, 0.1) is 11.3 Å². The second-order valence-electron chi connectivity index (χ2n) is 5.15. The molecule has 0 radical (unpaired) electrons. The molecular weight excluding hydrogens is 258 g/mol. The quantitative estimate of drug-likeness (QED) is 0.694. The molecular formula is C14H17N3O3. The number of phenolic OH excluding ortho intramolecular Hbond substituents is 2. The van der Waals surface area contributed by atoms with Crippen LogP contribution in [0.1, 0.15) is 23.2 Å². The minimum absolute atomic E-state index is 0.0291. The number of nitrogens with one attached hydrogen (secondary N) is 1. The summed E-state index contributed by atoms with van der Waals surface area (Å²) < 4.78 is 0. The molecule has 1 aromatic carbocycles. The number of amides is 1. The number of carbonyl (C=O) groups is 1. The van der Waals surface area contributed by atoms with E-state index in [-0.39, 0.29) is 17.1 Å². The monoisotopic (exact) mass is 275 g/mol. The average molecular weight is 275 g/mol. The fraction of sp³-hybridized carbons (Fsp3) is 0.429. The summed E-state index contributed by atoms with van der Waals surface area (Å²) in [6.07, 6.45) is 1.07. The van der Waals surface area contributed by atoms with Crippen LogP contribution in [-0.4, -0.2) is 46.7 Å². The molecule has 1 amide bonds. The standard InChI is InChI=1S/C14H17N3O3/c1-17-6-4-14(9-15,5-7-17)16-13(20)11-8-10(18)2-3-12(11)19/h2-3,8,18-19H,4-7H2,1H3,(H,16,20). The van der Waals surface area contributed by atoms with Crippen LogP contribution < -0.4 is 5.32 Å². The first-order chi connectivity index (χ1) is 9.46. The molecule has 1 heterocycles. The van der Waals surface area contributed by atoms with E-state index >= 15 is 0 Å². The Hall–Kier alpha value is -2.26. The summed E-state index contributed by atoms with van der Waals surface area (Å²) >= 11 is 0. The SMILES string of the molecule is CN1CCC(C#N)(NC(=O)c2cc(O)ccc2O)CC1. The average Bonchev–Trinajstić information content (AvgIpc) is 2.44. The van der Waals surface area contributed by atoms with Crippen LogP contribution in [0.4, 0.5) is 0 Å². The molecule has 1 fully saturated rings. The van der Waals surface area contributed by atoms with Crippen molar-refractivity contribution in [2.75, 3.05) is 20.1 Å². The third kappa shape index (κ3) is 2.83. The lowest BCUT2D eigenvalue weighted by Crippen LogP contribution is -2.53. The molecule has 106 valence electrons. The Morgan fingerprint density at radius 3 is 2.65 bits per heavy atom. The molecule has 3 N–H and O–H groups in total. The van der Waals surface area contributed by atoms with Crippen LogP contribution in [-0.2, 0) is 0 Å². The van der Waals surface area contributed by atoms with E-state index in [1.807, 2.05) is 7.05 Å². The van der Waals surface area contributed by atoms with Crippen molar-refractivity contribution in [3.8, 4) is 17.6 Å². The minimum Gasteiger partial charge on any atom is -0.508 e. The second kappa shape index (κ2) is 5.39. The largest absolute Gasteiger partial charge is 0.508 e. The van der Waals surface area contributed by atoms with Crippen molar-refractivity contribution >= 4 is 5.91 Å². The first-order valence-electron chi connectivity index (χ1n) is 6.40. The smallest absolute Gasteiger partial charge is 0.256 e. The second-order valence-corrected chi connectivity index (χ2v) is 5.15. The summed E-state index contributed by atoms with van der Waals surface area (Å²) in [6.45, 7) is 1.44. The van der Waals surface area contributed by atoms with E-state index in [0.29, 0.717) is 12.8 Å². The highest BCUT2D eigenvalue weighted by Crippen LogP contribution is 2.25. The van der Waals surface area contributed by atoms with Gasteiger partial charge in [-0.25, -0.2) is 0 Å². The van der Waals surface area contributed by atoms with E-state index in [0.717, 1.165) is 13.1 Å². The highest BCUT2D eigenvalue weighted by molar-refractivity contribution is 5.97. The maximum atomic E-state index is 12.2. The lowest BCUT2D eigenvalue weighted by molar-refractivity contribution is 0.0879. The van der Waals surface area contributed by atoms with Crippen LogP contribution in [0.25, 0.3) is 0 Å². The molecule has 0 aromatic heterocycles. The molecule has 0 aliphatic carbocycles. The number of carbonyl (C=O) groups excluding carboxylic acids is 1. The zero-order chi connectivity index (χ0) is 14.8. The van der Waals surface area contributed by atoms with Crippen molar-refractivity contribution in [3.63, 3.8) is 0 Å². The Kier molecular flexibility index (Phi) is 3.81. The molecule has 20 heavy (non-hydrogen) atoms. The topological polar surface area (TPSA) is 96.6 Å². The third-order valence-corrected chi connectivity index (χ3v) is 3.63. The summed E-state index contributed by atoms with van der Waals surface area (Å²) in [5.41, 5.74) is -0.944. The highest BCUT2D eigenvalue weighted by Gasteiger charge is 2.35. The molecule has 0 saturated carbocycles. The lowest BCUT2D eigenvalue weighted by atomic mass is 9.89. The van der Waals surface area contributed by atoms with Crippen LogP contribution in [0.15, 0.2) is 18.2 Å². The number of aromatic hydroxyl groups is 2. The van der Waals surface area contributed by atoms with Gasteiger partial charge in [0.25, 0.3) is 5.91 Å². The van der Waals surface area contributed by atoms with Gasteiger partial charge in [0.15, 0.2) is 0 Å².